The molecule has 0 unspecified atom stereocenters. The summed E-state index contributed by atoms with van der Waals surface area (Å²) in [6.07, 6.45) is 2.47. The van der Waals surface area contributed by atoms with E-state index in [9.17, 15) is 8.42 Å². The second-order valence-electron chi connectivity index (χ2n) is 2.94. The summed E-state index contributed by atoms with van der Waals surface area (Å²) >= 11 is 3.58. The Morgan fingerprint density at radius 1 is 1.35 bits per heavy atom. The van der Waals surface area contributed by atoms with Crippen molar-refractivity contribution in [3.8, 4) is 0 Å². The fraction of sp³-hybridized carbons (Fsp3) is 0.286. The number of aliphatic hydroxyl groups excluding tert-OH is 1. The first-order valence-electron chi connectivity index (χ1n) is 4.26. The molecule has 2 heterocycles. The number of hydrogen-bond acceptors (Lipinski definition) is 9. The number of hydrogen-bond donors (Lipinski definition) is 1. The molecule has 92 valence electrons. The minimum Gasteiger partial charge on any atom is -0.389 e. The Morgan fingerprint density at radius 2 is 2.12 bits per heavy atom. The largest absolute Gasteiger partial charge is 0.389 e. The van der Waals surface area contributed by atoms with Crippen LogP contribution in [0.2, 0.25) is 0 Å². The van der Waals surface area contributed by atoms with Crippen LogP contribution >= 0.6 is 34.4 Å². The summed E-state index contributed by atoms with van der Waals surface area (Å²) in [5.41, 5.74) is 0. The summed E-state index contributed by atoms with van der Waals surface area (Å²) in [6.45, 7) is -0.148. The van der Waals surface area contributed by atoms with E-state index in [1.54, 1.807) is 0 Å². The van der Waals surface area contributed by atoms with E-state index in [4.69, 9.17) is 5.11 Å². The zero-order valence-corrected chi connectivity index (χ0v) is 11.8. The van der Waals surface area contributed by atoms with E-state index in [2.05, 4.69) is 15.2 Å². The van der Waals surface area contributed by atoms with Gasteiger partial charge in [0.1, 0.15) is 9.22 Å². The minimum atomic E-state index is -3.20. The van der Waals surface area contributed by atoms with E-state index in [-0.39, 0.29) is 10.8 Å². The molecule has 0 aliphatic rings. The monoisotopic (exact) mass is 309 g/mol. The number of rotatable bonds is 4. The van der Waals surface area contributed by atoms with Gasteiger partial charge in [0.05, 0.1) is 12.8 Å². The van der Waals surface area contributed by atoms with Gasteiger partial charge in [0.2, 0.25) is 0 Å². The van der Waals surface area contributed by atoms with Crippen molar-refractivity contribution in [2.24, 2.45) is 0 Å². The molecule has 0 aliphatic heterocycles. The average molecular weight is 309 g/mol. The van der Waals surface area contributed by atoms with Crippen molar-refractivity contribution in [1.29, 1.82) is 0 Å². The first kappa shape index (κ1) is 12.9. The van der Waals surface area contributed by atoms with Crippen molar-refractivity contribution in [1.82, 2.24) is 15.2 Å². The molecule has 0 aromatic carbocycles. The maximum atomic E-state index is 11.3. The summed E-state index contributed by atoms with van der Waals surface area (Å²) in [7, 11) is -3.20. The van der Waals surface area contributed by atoms with Crippen LogP contribution in [0.4, 0.5) is 0 Å². The highest BCUT2D eigenvalue weighted by Gasteiger charge is 2.14. The number of aliphatic hydroxyl groups is 1. The first-order chi connectivity index (χ1) is 7.99. The van der Waals surface area contributed by atoms with E-state index in [1.165, 1.54) is 29.3 Å². The van der Waals surface area contributed by atoms with Crippen molar-refractivity contribution >= 4 is 44.3 Å². The number of sulfone groups is 1. The lowest BCUT2D eigenvalue weighted by atomic mass is 10.8. The highest BCUT2D eigenvalue weighted by molar-refractivity contribution is 8.03. The molecule has 0 aliphatic carbocycles. The third-order valence-electron chi connectivity index (χ3n) is 1.59. The second-order valence-corrected chi connectivity index (χ2v) is 8.77. The van der Waals surface area contributed by atoms with Crippen LogP contribution in [0.5, 0.6) is 0 Å². The van der Waals surface area contributed by atoms with Gasteiger partial charge >= 0.3 is 0 Å². The lowest BCUT2D eigenvalue weighted by Gasteiger charge is -1.88. The molecule has 0 spiro atoms. The summed E-state index contributed by atoms with van der Waals surface area (Å²) in [6, 6.07) is 0. The van der Waals surface area contributed by atoms with Crippen molar-refractivity contribution < 1.29 is 13.5 Å². The fourth-order valence-electron chi connectivity index (χ4n) is 0.881. The van der Waals surface area contributed by atoms with E-state index in [0.717, 1.165) is 17.6 Å². The lowest BCUT2D eigenvalue weighted by Crippen LogP contribution is -1.91. The molecular formula is C7H7N3O3S4. The summed E-state index contributed by atoms with van der Waals surface area (Å²) < 4.78 is 23.9. The molecular weight excluding hydrogens is 302 g/mol. The van der Waals surface area contributed by atoms with Crippen LogP contribution in [0.3, 0.4) is 0 Å². The lowest BCUT2D eigenvalue weighted by molar-refractivity contribution is 0.280. The van der Waals surface area contributed by atoms with Gasteiger partial charge in [0.15, 0.2) is 18.5 Å². The molecule has 0 bridgehead atoms. The van der Waals surface area contributed by atoms with Gasteiger partial charge in [0.25, 0.3) is 0 Å². The maximum absolute atomic E-state index is 11.3. The van der Waals surface area contributed by atoms with E-state index < -0.39 is 9.84 Å². The Hall–Kier alpha value is -0.550. The predicted molar refractivity (Wildman–Crippen MR) is 65.2 cm³/mol. The molecule has 0 amide bonds. The van der Waals surface area contributed by atoms with Crippen LogP contribution in [0.15, 0.2) is 19.1 Å². The number of thiazole rings is 1. The van der Waals surface area contributed by atoms with Crippen molar-refractivity contribution in [2.75, 3.05) is 6.26 Å². The molecule has 17 heavy (non-hydrogen) atoms. The van der Waals surface area contributed by atoms with Crippen LogP contribution in [-0.4, -0.2) is 35.0 Å². The second kappa shape index (κ2) is 4.98. The highest BCUT2D eigenvalue weighted by atomic mass is 32.2. The van der Waals surface area contributed by atoms with Crippen LogP contribution in [0.1, 0.15) is 5.01 Å². The topological polar surface area (TPSA) is 93.0 Å². The molecule has 6 nitrogen and oxygen atoms in total. The smallest absolute Gasteiger partial charge is 0.186 e. The predicted octanol–water partition coefficient (Wildman–Crippen LogP) is 1.04. The Bertz CT molecular complexity index is 618. The molecule has 0 atom stereocenters. The standard InChI is InChI=1S/C7H7N3O3S4/c1-17(12,13)5-2-8-6(15-5)16-7-10-9-4(3-11)14-7/h2,11H,3H2,1H3. The third kappa shape index (κ3) is 3.22. The third-order valence-corrected chi connectivity index (χ3v) is 6.41. The average Bonchev–Trinajstić information content (AvgIpc) is 2.86. The van der Waals surface area contributed by atoms with Gasteiger partial charge in [-0.1, -0.05) is 22.7 Å². The normalized spacial score (nSPS) is 11.9. The number of aromatic nitrogens is 3. The van der Waals surface area contributed by atoms with Gasteiger partial charge in [-0.05, 0) is 11.8 Å². The quantitative estimate of drug-likeness (QED) is 0.902. The van der Waals surface area contributed by atoms with E-state index >= 15 is 0 Å². The first-order valence-corrected chi connectivity index (χ1v) is 8.60. The summed E-state index contributed by atoms with van der Waals surface area (Å²) in [5.74, 6) is 0. The fourth-order valence-corrected chi connectivity index (χ4v) is 4.80. The molecule has 0 saturated carbocycles. The van der Waals surface area contributed by atoms with Crippen molar-refractivity contribution in [2.45, 2.75) is 19.5 Å². The van der Waals surface area contributed by atoms with Gasteiger partial charge in [-0.25, -0.2) is 13.4 Å². The minimum absolute atomic E-state index is 0.148. The molecule has 10 heteroatoms. The Kier molecular flexibility index (Phi) is 3.78. The van der Waals surface area contributed by atoms with E-state index in [1.807, 2.05) is 0 Å². The Morgan fingerprint density at radius 3 is 2.65 bits per heavy atom. The van der Waals surface area contributed by atoms with Crippen LogP contribution in [0, 0.1) is 0 Å². The molecule has 0 saturated heterocycles. The maximum Gasteiger partial charge on any atom is 0.186 e. The van der Waals surface area contributed by atoms with Crippen LogP contribution in [0.25, 0.3) is 0 Å². The van der Waals surface area contributed by atoms with Crippen molar-refractivity contribution in [3.63, 3.8) is 0 Å². The highest BCUT2D eigenvalue weighted by Crippen LogP contribution is 2.34. The molecule has 0 fully saturated rings. The molecule has 2 aromatic rings. The molecule has 2 aromatic heterocycles. The van der Waals surface area contributed by atoms with Gasteiger partial charge in [-0.3, -0.25) is 0 Å². The zero-order chi connectivity index (χ0) is 12.5. The summed E-state index contributed by atoms with van der Waals surface area (Å²) in [4.78, 5) is 3.99. The van der Waals surface area contributed by atoms with Gasteiger partial charge in [0, 0.05) is 6.26 Å². The van der Waals surface area contributed by atoms with Gasteiger partial charge in [-0.15, -0.1) is 10.2 Å². The van der Waals surface area contributed by atoms with Crippen LogP contribution in [-0.2, 0) is 16.4 Å². The summed E-state index contributed by atoms with van der Waals surface area (Å²) in [5, 5.41) is 16.9. The zero-order valence-electron chi connectivity index (χ0n) is 8.52. The van der Waals surface area contributed by atoms with Crippen molar-refractivity contribution in [3.05, 3.63) is 11.2 Å². The Balaban J connectivity index is 2.17. The van der Waals surface area contributed by atoms with Gasteiger partial charge < -0.3 is 5.11 Å². The van der Waals surface area contributed by atoms with Gasteiger partial charge in [-0.2, -0.15) is 0 Å². The molecule has 2 rings (SSSR count). The Labute approximate surface area is 110 Å². The number of nitrogens with zero attached hydrogens (tertiary/aromatic N) is 3. The molecule has 0 radical (unpaired) electrons. The molecule has 1 N–H and O–H groups in total. The van der Waals surface area contributed by atoms with Crippen LogP contribution < -0.4 is 0 Å². The SMILES string of the molecule is CS(=O)(=O)c1cnc(Sc2nnc(CO)s2)s1. The van der Waals surface area contributed by atoms with E-state index in [0.29, 0.717) is 13.7 Å².